The number of nitrogens with two attached hydrogens (primary N) is 1. The van der Waals surface area contributed by atoms with E-state index in [-0.39, 0.29) is 12.0 Å². The van der Waals surface area contributed by atoms with Crippen LogP contribution >= 0.6 is 0 Å². The highest BCUT2D eigenvalue weighted by molar-refractivity contribution is 5.79. The highest BCUT2D eigenvalue weighted by atomic mass is 16.5. The number of fused-ring (bicyclic) bond motifs is 3. The zero-order valence-electron chi connectivity index (χ0n) is 18.2. The molecule has 3 rings (SSSR count). The van der Waals surface area contributed by atoms with Crippen LogP contribution in [0.3, 0.4) is 0 Å². The molecule has 1 amide bonds. The Morgan fingerprint density at radius 3 is 1.97 bits per heavy atom. The third kappa shape index (κ3) is 7.06. The minimum Gasteiger partial charge on any atom is -0.449 e. The van der Waals surface area contributed by atoms with Crippen molar-refractivity contribution in [1.29, 1.82) is 0 Å². The van der Waals surface area contributed by atoms with Gasteiger partial charge in [0.05, 0.1) is 0 Å². The predicted octanol–water partition coefficient (Wildman–Crippen LogP) is 4.08. The average molecular weight is 427 g/mol. The van der Waals surface area contributed by atoms with Crippen LogP contribution in [0.15, 0.2) is 48.5 Å². The standard InChI is InChI=1S/C25H34N2O4/c26-13-7-17-29-15-5-6-16-30-18-8-14-27-25(28)31-19-24-22-11-3-1-9-20(22)21-10-2-4-12-23(21)24/h1-4,9-12,24H,5-8,13-19,26H2,(H,27,28). The summed E-state index contributed by atoms with van der Waals surface area (Å²) in [4.78, 5) is 12.1. The first-order valence-electron chi connectivity index (χ1n) is 11.3. The minimum absolute atomic E-state index is 0.0840. The third-order valence-electron chi connectivity index (χ3n) is 5.40. The van der Waals surface area contributed by atoms with Crippen LogP contribution < -0.4 is 11.1 Å². The molecule has 1 aliphatic rings. The molecule has 0 aromatic heterocycles. The van der Waals surface area contributed by atoms with Crippen molar-refractivity contribution in [2.75, 3.05) is 46.1 Å². The number of unbranched alkanes of at least 4 members (excludes halogenated alkanes) is 1. The molecule has 0 radical (unpaired) electrons. The monoisotopic (exact) mass is 426 g/mol. The van der Waals surface area contributed by atoms with Crippen molar-refractivity contribution >= 4 is 6.09 Å². The number of rotatable bonds is 14. The van der Waals surface area contributed by atoms with Crippen LogP contribution in [0.2, 0.25) is 0 Å². The first kappa shape index (κ1) is 23.3. The fourth-order valence-electron chi connectivity index (χ4n) is 3.81. The van der Waals surface area contributed by atoms with Crippen molar-refractivity contribution < 1.29 is 19.0 Å². The highest BCUT2D eigenvalue weighted by Gasteiger charge is 2.28. The van der Waals surface area contributed by atoms with Crippen LogP contribution in [-0.4, -0.2) is 52.2 Å². The molecule has 6 nitrogen and oxygen atoms in total. The molecular formula is C25H34N2O4. The molecule has 0 saturated carbocycles. The van der Waals surface area contributed by atoms with E-state index in [9.17, 15) is 4.79 Å². The number of ether oxygens (including phenoxy) is 3. The maximum Gasteiger partial charge on any atom is 0.407 e. The zero-order valence-corrected chi connectivity index (χ0v) is 18.2. The van der Waals surface area contributed by atoms with Crippen LogP contribution in [0.4, 0.5) is 4.79 Å². The van der Waals surface area contributed by atoms with Gasteiger partial charge in [0.15, 0.2) is 0 Å². The summed E-state index contributed by atoms with van der Waals surface area (Å²) in [5.74, 6) is 0.0840. The van der Waals surface area contributed by atoms with E-state index in [1.807, 2.05) is 24.3 Å². The Balaban J connectivity index is 1.26. The number of hydrogen-bond donors (Lipinski definition) is 2. The predicted molar refractivity (Wildman–Crippen MR) is 122 cm³/mol. The number of hydrogen-bond acceptors (Lipinski definition) is 5. The molecule has 0 aliphatic heterocycles. The molecule has 2 aromatic carbocycles. The van der Waals surface area contributed by atoms with E-state index in [0.29, 0.717) is 32.9 Å². The fraction of sp³-hybridized carbons (Fsp3) is 0.480. The lowest BCUT2D eigenvalue weighted by Crippen LogP contribution is -2.27. The molecule has 0 saturated heterocycles. The fourth-order valence-corrected chi connectivity index (χ4v) is 3.81. The summed E-state index contributed by atoms with van der Waals surface area (Å²) in [7, 11) is 0. The van der Waals surface area contributed by atoms with Crippen molar-refractivity contribution in [3.63, 3.8) is 0 Å². The van der Waals surface area contributed by atoms with Crippen molar-refractivity contribution in [2.24, 2.45) is 5.73 Å². The number of alkyl carbamates (subject to hydrolysis) is 1. The Hall–Kier alpha value is -2.41. The van der Waals surface area contributed by atoms with Gasteiger partial charge in [-0.3, -0.25) is 0 Å². The first-order chi connectivity index (χ1) is 15.3. The SMILES string of the molecule is NCCCOCCCCOCCCNC(=O)OCC1c2ccccc2-c2ccccc21. The van der Waals surface area contributed by atoms with Gasteiger partial charge in [0, 0.05) is 38.9 Å². The van der Waals surface area contributed by atoms with Gasteiger partial charge < -0.3 is 25.3 Å². The maximum atomic E-state index is 12.1. The van der Waals surface area contributed by atoms with Crippen LogP contribution in [0.5, 0.6) is 0 Å². The normalized spacial score (nSPS) is 12.4. The van der Waals surface area contributed by atoms with E-state index >= 15 is 0 Å². The maximum absolute atomic E-state index is 12.1. The van der Waals surface area contributed by atoms with Gasteiger partial charge in [0.1, 0.15) is 6.61 Å². The van der Waals surface area contributed by atoms with Crippen molar-refractivity contribution in [3.8, 4) is 11.1 Å². The van der Waals surface area contributed by atoms with Gasteiger partial charge in [0.25, 0.3) is 0 Å². The van der Waals surface area contributed by atoms with E-state index in [1.54, 1.807) is 0 Å². The van der Waals surface area contributed by atoms with E-state index in [4.69, 9.17) is 19.9 Å². The molecule has 1 aliphatic carbocycles. The second-order valence-electron chi connectivity index (χ2n) is 7.68. The highest BCUT2D eigenvalue weighted by Crippen LogP contribution is 2.44. The molecule has 0 fully saturated rings. The van der Waals surface area contributed by atoms with E-state index in [2.05, 4.69) is 29.6 Å². The van der Waals surface area contributed by atoms with Crippen molar-refractivity contribution in [3.05, 3.63) is 59.7 Å². The second kappa shape index (κ2) is 13.1. The van der Waals surface area contributed by atoms with Gasteiger partial charge >= 0.3 is 6.09 Å². The average Bonchev–Trinajstić information content (AvgIpc) is 3.12. The Morgan fingerprint density at radius 1 is 0.806 bits per heavy atom. The van der Waals surface area contributed by atoms with Crippen LogP contribution in [-0.2, 0) is 14.2 Å². The van der Waals surface area contributed by atoms with Gasteiger partial charge in [-0.15, -0.1) is 0 Å². The third-order valence-corrected chi connectivity index (χ3v) is 5.40. The second-order valence-corrected chi connectivity index (χ2v) is 7.68. The van der Waals surface area contributed by atoms with Gasteiger partial charge in [-0.1, -0.05) is 48.5 Å². The van der Waals surface area contributed by atoms with E-state index in [1.165, 1.54) is 22.3 Å². The Bertz CT molecular complexity index is 766. The van der Waals surface area contributed by atoms with Gasteiger partial charge in [-0.2, -0.15) is 0 Å². The number of carbonyl (C=O) groups is 1. The smallest absolute Gasteiger partial charge is 0.407 e. The summed E-state index contributed by atoms with van der Waals surface area (Å²) in [5, 5.41) is 2.81. The molecule has 2 aromatic rings. The summed E-state index contributed by atoms with van der Waals surface area (Å²) in [6.07, 6.45) is 3.26. The molecule has 6 heteroatoms. The number of benzene rings is 2. The van der Waals surface area contributed by atoms with Crippen LogP contribution in [0.25, 0.3) is 11.1 Å². The Morgan fingerprint density at radius 2 is 1.35 bits per heavy atom. The lowest BCUT2D eigenvalue weighted by atomic mass is 9.98. The lowest BCUT2D eigenvalue weighted by Gasteiger charge is -2.14. The van der Waals surface area contributed by atoms with Crippen LogP contribution in [0.1, 0.15) is 42.7 Å². The van der Waals surface area contributed by atoms with Gasteiger partial charge in [-0.05, 0) is 54.5 Å². The number of amides is 1. The summed E-state index contributed by atoms with van der Waals surface area (Å²) in [6, 6.07) is 16.7. The van der Waals surface area contributed by atoms with Gasteiger partial charge in [0.2, 0.25) is 0 Å². The molecular weight excluding hydrogens is 392 g/mol. The van der Waals surface area contributed by atoms with E-state index < -0.39 is 0 Å². The van der Waals surface area contributed by atoms with E-state index in [0.717, 1.165) is 38.9 Å². The molecule has 0 bridgehead atoms. The molecule has 0 atom stereocenters. The van der Waals surface area contributed by atoms with Crippen molar-refractivity contribution in [1.82, 2.24) is 5.32 Å². The summed E-state index contributed by atoms with van der Waals surface area (Å²) in [6.45, 7) is 4.38. The van der Waals surface area contributed by atoms with Crippen LogP contribution in [0, 0.1) is 0 Å². The molecule has 0 spiro atoms. The Labute approximate surface area is 185 Å². The Kier molecular flexibility index (Phi) is 9.83. The molecule has 31 heavy (non-hydrogen) atoms. The largest absolute Gasteiger partial charge is 0.449 e. The summed E-state index contributed by atoms with van der Waals surface area (Å²) < 4.78 is 16.6. The summed E-state index contributed by atoms with van der Waals surface area (Å²) >= 11 is 0. The summed E-state index contributed by atoms with van der Waals surface area (Å²) in [5.41, 5.74) is 10.3. The molecule has 0 heterocycles. The number of nitrogens with one attached hydrogen (secondary N) is 1. The topological polar surface area (TPSA) is 82.8 Å². The first-order valence-corrected chi connectivity index (χ1v) is 11.3. The minimum atomic E-state index is -0.378. The van der Waals surface area contributed by atoms with Crippen molar-refractivity contribution in [2.45, 2.75) is 31.6 Å². The lowest BCUT2D eigenvalue weighted by molar-refractivity contribution is 0.100. The zero-order chi connectivity index (χ0) is 21.7. The van der Waals surface area contributed by atoms with Gasteiger partial charge in [-0.25, -0.2) is 4.79 Å². The number of carbonyl (C=O) groups excluding carboxylic acids is 1. The molecule has 0 unspecified atom stereocenters. The molecule has 3 N–H and O–H groups in total. The molecule has 168 valence electrons. The quantitative estimate of drug-likeness (QED) is 0.445.